The second-order valence-corrected chi connectivity index (χ2v) is 4.34. The number of hydrogen-bond acceptors (Lipinski definition) is 6. The summed E-state index contributed by atoms with van der Waals surface area (Å²) in [5.74, 6) is 4.53. The molecule has 0 spiro atoms. The van der Waals surface area contributed by atoms with Gasteiger partial charge < -0.3 is 25.8 Å². The van der Waals surface area contributed by atoms with Crippen molar-refractivity contribution < 1.29 is 24.9 Å². The number of nitrogens with two attached hydrogens (primary N) is 1. The number of amides is 1. The molecule has 0 aliphatic carbocycles. The maximum atomic E-state index is 11.3. The van der Waals surface area contributed by atoms with Gasteiger partial charge in [-0.25, -0.2) is 4.68 Å². The number of aliphatic hydroxyl groups is 3. The predicted molar refractivity (Wildman–Crippen MR) is 66.3 cm³/mol. The highest BCUT2D eigenvalue weighted by molar-refractivity contribution is 5.93. The number of primary amides is 1. The number of rotatable bonds is 3. The quantitative estimate of drug-likeness (QED) is 0.472. The molecule has 8 nitrogen and oxygen atoms in total. The Bertz CT molecular complexity index is 573. The third kappa shape index (κ3) is 2.39. The summed E-state index contributed by atoms with van der Waals surface area (Å²) in [7, 11) is 0. The maximum absolute atomic E-state index is 11.3. The number of hydrogen-bond donors (Lipinski definition) is 4. The summed E-state index contributed by atoms with van der Waals surface area (Å²) in [5, 5.41) is 32.5. The van der Waals surface area contributed by atoms with E-state index in [1.807, 2.05) is 0 Å². The van der Waals surface area contributed by atoms with Gasteiger partial charge >= 0.3 is 0 Å². The van der Waals surface area contributed by atoms with Crippen LogP contribution in [-0.4, -0.2) is 55.9 Å². The average Bonchev–Trinajstić information content (AvgIpc) is 2.94. The topological polar surface area (TPSA) is 131 Å². The van der Waals surface area contributed by atoms with Crippen molar-refractivity contribution in [2.45, 2.75) is 31.5 Å². The van der Waals surface area contributed by atoms with Gasteiger partial charge in [0, 0.05) is 6.20 Å². The average molecular weight is 281 g/mol. The molecule has 1 saturated heterocycles. The van der Waals surface area contributed by atoms with Crippen molar-refractivity contribution >= 4 is 5.91 Å². The lowest BCUT2D eigenvalue weighted by molar-refractivity contribution is -0.0587. The van der Waals surface area contributed by atoms with Crippen LogP contribution in [0.2, 0.25) is 0 Å². The fourth-order valence-corrected chi connectivity index (χ4v) is 2.03. The summed E-state index contributed by atoms with van der Waals surface area (Å²) in [6.45, 7) is 1.15. The fraction of sp³-hybridized carbons (Fsp3) is 0.500. The molecule has 1 aliphatic heterocycles. The molecule has 8 heteroatoms. The lowest BCUT2D eigenvalue weighted by Gasteiger charge is -2.14. The first-order chi connectivity index (χ1) is 9.49. The first kappa shape index (κ1) is 14.5. The highest BCUT2D eigenvalue weighted by Crippen LogP contribution is 2.29. The number of carbonyl (C=O) groups excluding carboxylic acids is 1. The molecule has 1 unspecified atom stereocenters. The molecule has 4 atom stereocenters. The van der Waals surface area contributed by atoms with E-state index in [1.54, 1.807) is 6.92 Å². The molecule has 108 valence electrons. The molecule has 2 heterocycles. The predicted octanol–water partition coefficient (Wildman–Crippen LogP) is -2.04. The molecule has 0 bridgehead atoms. The third-order valence-electron chi connectivity index (χ3n) is 3.00. The molecule has 1 aliphatic rings. The van der Waals surface area contributed by atoms with Crippen molar-refractivity contribution in [3.8, 4) is 11.8 Å². The van der Waals surface area contributed by atoms with E-state index in [2.05, 4.69) is 16.9 Å². The first-order valence-electron chi connectivity index (χ1n) is 5.93. The molecule has 1 fully saturated rings. The standard InChI is InChI=1S/C12H15N3O5/c1-2-3-6-4-15(14-8(6)11(13)19)12-10(18)9(17)7(5-16)20-12/h4,7,9-10,12,16-18H,5H2,1H3,(H2,13,19)/t7-,9-,10-,12?/m1/s1. The number of aliphatic hydroxyl groups excluding tert-OH is 3. The van der Waals surface area contributed by atoms with Gasteiger partial charge in [0.15, 0.2) is 11.9 Å². The van der Waals surface area contributed by atoms with E-state index in [0.717, 1.165) is 0 Å². The van der Waals surface area contributed by atoms with Crippen LogP contribution in [0.15, 0.2) is 6.20 Å². The van der Waals surface area contributed by atoms with Gasteiger partial charge in [-0.1, -0.05) is 5.92 Å². The van der Waals surface area contributed by atoms with Gasteiger partial charge in [-0.15, -0.1) is 5.92 Å². The van der Waals surface area contributed by atoms with E-state index in [1.165, 1.54) is 10.9 Å². The molecule has 0 aromatic carbocycles. The van der Waals surface area contributed by atoms with E-state index in [0.29, 0.717) is 5.56 Å². The summed E-state index contributed by atoms with van der Waals surface area (Å²) in [6.07, 6.45) is -3.07. The summed E-state index contributed by atoms with van der Waals surface area (Å²) in [4.78, 5) is 11.3. The van der Waals surface area contributed by atoms with Crippen LogP contribution in [0.3, 0.4) is 0 Å². The lowest BCUT2D eigenvalue weighted by Crippen LogP contribution is -2.33. The van der Waals surface area contributed by atoms with Crippen LogP contribution in [0.25, 0.3) is 0 Å². The molecule has 0 saturated carbocycles. The molecule has 1 aromatic rings. The van der Waals surface area contributed by atoms with Crippen LogP contribution in [0.5, 0.6) is 0 Å². The Kier molecular flexibility index (Phi) is 4.06. The largest absolute Gasteiger partial charge is 0.394 e. The van der Waals surface area contributed by atoms with Crippen LogP contribution >= 0.6 is 0 Å². The first-order valence-corrected chi connectivity index (χ1v) is 5.93. The van der Waals surface area contributed by atoms with Crippen molar-refractivity contribution in [2.24, 2.45) is 5.73 Å². The van der Waals surface area contributed by atoms with Crippen molar-refractivity contribution in [3.05, 3.63) is 17.5 Å². The minimum atomic E-state index is -1.28. The van der Waals surface area contributed by atoms with Crippen LogP contribution in [0, 0.1) is 11.8 Å². The van der Waals surface area contributed by atoms with Crippen LogP contribution in [0.1, 0.15) is 29.2 Å². The Morgan fingerprint density at radius 1 is 1.55 bits per heavy atom. The normalized spacial score (nSPS) is 29.0. The van der Waals surface area contributed by atoms with Crippen molar-refractivity contribution in [1.29, 1.82) is 0 Å². The van der Waals surface area contributed by atoms with E-state index >= 15 is 0 Å². The van der Waals surface area contributed by atoms with Gasteiger partial charge in [-0.05, 0) is 6.92 Å². The minimum absolute atomic E-state index is 0.0444. The Morgan fingerprint density at radius 2 is 2.25 bits per heavy atom. The third-order valence-corrected chi connectivity index (χ3v) is 3.00. The van der Waals surface area contributed by atoms with E-state index in [-0.39, 0.29) is 5.69 Å². The van der Waals surface area contributed by atoms with Gasteiger partial charge in [0.2, 0.25) is 0 Å². The Labute approximate surface area is 114 Å². The Balaban J connectivity index is 2.36. The number of ether oxygens (including phenoxy) is 1. The van der Waals surface area contributed by atoms with Crippen LogP contribution < -0.4 is 5.73 Å². The number of nitrogens with zero attached hydrogens (tertiary/aromatic N) is 2. The van der Waals surface area contributed by atoms with Crippen LogP contribution in [0.4, 0.5) is 0 Å². The highest BCUT2D eigenvalue weighted by atomic mass is 16.6. The number of carbonyl (C=O) groups is 1. The second-order valence-electron chi connectivity index (χ2n) is 4.34. The zero-order chi connectivity index (χ0) is 14.9. The molecule has 2 rings (SSSR count). The molecule has 1 amide bonds. The molecular formula is C12H15N3O5. The molecule has 0 radical (unpaired) electrons. The van der Waals surface area contributed by atoms with E-state index in [9.17, 15) is 15.0 Å². The second kappa shape index (κ2) is 5.60. The van der Waals surface area contributed by atoms with Crippen molar-refractivity contribution in [2.75, 3.05) is 6.61 Å². The molecular weight excluding hydrogens is 266 g/mol. The van der Waals surface area contributed by atoms with Gasteiger partial charge in [0.25, 0.3) is 5.91 Å². The summed E-state index contributed by atoms with van der Waals surface area (Å²) >= 11 is 0. The highest BCUT2D eigenvalue weighted by Gasteiger charge is 2.44. The number of aromatic nitrogens is 2. The van der Waals surface area contributed by atoms with Gasteiger partial charge in [-0.3, -0.25) is 4.79 Å². The zero-order valence-corrected chi connectivity index (χ0v) is 10.7. The minimum Gasteiger partial charge on any atom is -0.394 e. The van der Waals surface area contributed by atoms with E-state index in [4.69, 9.17) is 15.6 Å². The van der Waals surface area contributed by atoms with Crippen molar-refractivity contribution in [1.82, 2.24) is 9.78 Å². The van der Waals surface area contributed by atoms with E-state index < -0.39 is 37.1 Å². The SMILES string of the molecule is CC#Cc1cn(C2O[C@H](CO)[C@@H](O)[C@H]2O)nc1C(N)=O. The van der Waals surface area contributed by atoms with Gasteiger partial charge in [0.1, 0.15) is 18.3 Å². The summed E-state index contributed by atoms with van der Waals surface area (Å²) < 4.78 is 6.47. The smallest absolute Gasteiger partial charge is 0.270 e. The lowest BCUT2D eigenvalue weighted by atomic mass is 10.1. The zero-order valence-electron chi connectivity index (χ0n) is 10.7. The molecule has 20 heavy (non-hydrogen) atoms. The van der Waals surface area contributed by atoms with Crippen molar-refractivity contribution in [3.63, 3.8) is 0 Å². The maximum Gasteiger partial charge on any atom is 0.270 e. The van der Waals surface area contributed by atoms with Gasteiger partial charge in [-0.2, -0.15) is 5.10 Å². The fourth-order valence-electron chi connectivity index (χ4n) is 2.03. The monoisotopic (exact) mass is 281 g/mol. The van der Waals surface area contributed by atoms with Crippen LogP contribution in [-0.2, 0) is 4.74 Å². The Morgan fingerprint density at radius 3 is 2.75 bits per heavy atom. The molecule has 1 aromatic heterocycles. The van der Waals surface area contributed by atoms with Gasteiger partial charge in [0.05, 0.1) is 12.2 Å². The Hall–Kier alpha value is -1.92. The summed E-state index contributed by atoms with van der Waals surface area (Å²) in [6, 6.07) is 0. The summed E-state index contributed by atoms with van der Waals surface area (Å²) in [5.41, 5.74) is 5.46. The molecule has 5 N–H and O–H groups in total.